The number of carbonyl (C=O) groups is 1. The third-order valence-electron chi connectivity index (χ3n) is 4.67. The quantitative estimate of drug-likeness (QED) is 0.753. The molecule has 8 heteroatoms. The standard InChI is InChI=1S/C19H19N5O2S/c1-12-8-21-16(9-20-12)19(26)24-5-2-3-13(10-24)18-22-15(7-17(25)23-18)14-4-6-27-11-14/h4,6-9,11,13H,2-3,5,10H2,1H3,(H,22,23,25)/t13-/m0/s1. The Morgan fingerprint density at radius 1 is 1.33 bits per heavy atom. The zero-order valence-corrected chi connectivity index (χ0v) is 15.7. The molecule has 0 aromatic carbocycles. The van der Waals surface area contributed by atoms with Crippen LogP contribution in [-0.4, -0.2) is 43.8 Å². The first-order chi connectivity index (χ1) is 13.1. The first-order valence-electron chi connectivity index (χ1n) is 8.82. The highest BCUT2D eigenvalue weighted by atomic mass is 32.1. The number of hydrogen-bond donors (Lipinski definition) is 1. The van der Waals surface area contributed by atoms with E-state index in [1.807, 2.05) is 23.8 Å². The van der Waals surface area contributed by atoms with Crippen LogP contribution in [0.25, 0.3) is 11.3 Å². The van der Waals surface area contributed by atoms with Gasteiger partial charge in [-0.1, -0.05) is 0 Å². The smallest absolute Gasteiger partial charge is 0.274 e. The van der Waals surface area contributed by atoms with E-state index in [1.54, 1.807) is 22.4 Å². The van der Waals surface area contributed by atoms with Gasteiger partial charge in [-0.15, -0.1) is 0 Å². The molecule has 0 radical (unpaired) electrons. The fourth-order valence-corrected chi connectivity index (χ4v) is 3.93. The van der Waals surface area contributed by atoms with Gasteiger partial charge in [0.15, 0.2) is 0 Å². The number of likely N-dealkylation sites (tertiary alicyclic amines) is 1. The Balaban J connectivity index is 1.57. The lowest BCUT2D eigenvalue weighted by Crippen LogP contribution is -2.40. The summed E-state index contributed by atoms with van der Waals surface area (Å²) in [5, 5.41) is 3.93. The maximum Gasteiger partial charge on any atom is 0.274 e. The predicted molar refractivity (Wildman–Crippen MR) is 103 cm³/mol. The Morgan fingerprint density at radius 2 is 2.22 bits per heavy atom. The minimum absolute atomic E-state index is 0.00704. The lowest BCUT2D eigenvalue weighted by Gasteiger charge is -2.32. The average molecular weight is 381 g/mol. The number of aryl methyl sites for hydroxylation is 1. The van der Waals surface area contributed by atoms with E-state index in [-0.39, 0.29) is 17.4 Å². The van der Waals surface area contributed by atoms with Crippen LogP contribution in [0.5, 0.6) is 0 Å². The van der Waals surface area contributed by atoms with Crippen LogP contribution in [0, 0.1) is 6.92 Å². The van der Waals surface area contributed by atoms with Crippen LogP contribution in [0.1, 0.15) is 40.8 Å². The summed E-state index contributed by atoms with van der Waals surface area (Å²) in [5.74, 6) is 0.493. The molecule has 4 heterocycles. The summed E-state index contributed by atoms with van der Waals surface area (Å²) in [6.45, 7) is 3.00. The highest BCUT2D eigenvalue weighted by Gasteiger charge is 2.28. The summed E-state index contributed by atoms with van der Waals surface area (Å²) in [6.07, 6.45) is 4.83. The zero-order valence-electron chi connectivity index (χ0n) is 14.9. The highest BCUT2D eigenvalue weighted by molar-refractivity contribution is 7.08. The summed E-state index contributed by atoms with van der Waals surface area (Å²) >= 11 is 1.57. The average Bonchev–Trinajstić information content (AvgIpc) is 3.23. The molecule has 0 aliphatic carbocycles. The molecular weight excluding hydrogens is 362 g/mol. The number of H-pyrrole nitrogens is 1. The third kappa shape index (κ3) is 3.80. The van der Waals surface area contributed by atoms with Gasteiger partial charge in [0.05, 0.1) is 17.6 Å². The number of nitrogens with one attached hydrogen (secondary N) is 1. The number of nitrogens with zero attached hydrogens (tertiary/aromatic N) is 4. The van der Waals surface area contributed by atoms with Gasteiger partial charge in [-0.2, -0.15) is 11.3 Å². The van der Waals surface area contributed by atoms with Crippen LogP contribution >= 0.6 is 11.3 Å². The molecule has 4 rings (SSSR count). The molecule has 1 N–H and O–H groups in total. The molecule has 1 atom stereocenters. The number of aromatic nitrogens is 4. The van der Waals surface area contributed by atoms with Gasteiger partial charge in [0.25, 0.3) is 11.5 Å². The maximum absolute atomic E-state index is 12.7. The summed E-state index contributed by atoms with van der Waals surface area (Å²) in [7, 11) is 0. The fraction of sp³-hybridized carbons (Fsp3) is 0.316. The number of amides is 1. The van der Waals surface area contributed by atoms with Crippen molar-refractivity contribution in [2.75, 3.05) is 13.1 Å². The van der Waals surface area contributed by atoms with Crippen molar-refractivity contribution in [1.29, 1.82) is 0 Å². The van der Waals surface area contributed by atoms with E-state index in [9.17, 15) is 9.59 Å². The molecule has 138 valence electrons. The van der Waals surface area contributed by atoms with Crippen LogP contribution in [0.15, 0.2) is 40.1 Å². The molecule has 3 aromatic heterocycles. The number of rotatable bonds is 3. The minimum Gasteiger partial charge on any atom is -0.337 e. The summed E-state index contributed by atoms with van der Waals surface area (Å²) in [5.41, 5.74) is 2.55. The second-order valence-electron chi connectivity index (χ2n) is 6.66. The van der Waals surface area contributed by atoms with Crippen molar-refractivity contribution in [1.82, 2.24) is 24.8 Å². The van der Waals surface area contributed by atoms with Crippen molar-refractivity contribution >= 4 is 17.2 Å². The highest BCUT2D eigenvalue weighted by Crippen LogP contribution is 2.26. The number of aromatic amines is 1. The Morgan fingerprint density at radius 3 is 2.96 bits per heavy atom. The zero-order chi connectivity index (χ0) is 18.8. The van der Waals surface area contributed by atoms with Gasteiger partial charge in [0.2, 0.25) is 0 Å². The molecule has 1 fully saturated rings. The largest absolute Gasteiger partial charge is 0.337 e. The van der Waals surface area contributed by atoms with Crippen LogP contribution in [-0.2, 0) is 0 Å². The van der Waals surface area contributed by atoms with Crippen molar-refractivity contribution in [3.63, 3.8) is 0 Å². The Bertz CT molecular complexity index is 998. The third-order valence-corrected chi connectivity index (χ3v) is 5.36. The number of carbonyl (C=O) groups excluding carboxylic acids is 1. The molecule has 1 aliphatic heterocycles. The van der Waals surface area contributed by atoms with Gasteiger partial charge in [-0.3, -0.25) is 14.6 Å². The predicted octanol–water partition coefficient (Wildman–Crippen LogP) is 2.62. The van der Waals surface area contributed by atoms with Crippen molar-refractivity contribution in [2.24, 2.45) is 0 Å². The van der Waals surface area contributed by atoms with Gasteiger partial charge in [-0.05, 0) is 31.2 Å². The lowest BCUT2D eigenvalue weighted by molar-refractivity contribution is 0.0698. The van der Waals surface area contributed by atoms with Crippen molar-refractivity contribution < 1.29 is 4.79 Å². The first kappa shape index (κ1) is 17.5. The SMILES string of the molecule is Cc1cnc(C(=O)N2CCC[C@H](c3nc(-c4ccsc4)cc(=O)[nH]3)C2)cn1. The fourth-order valence-electron chi connectivity index (χ4n) is 3.28. The second kappa shape index (κ2) is 7.40. The van der Waals surface area contributed by atoms with Gasteiger partial charge >= 0.3 is 0 Å². The molecular formula is C19H19N5O2S. The molecule has 1 amide bonds. The topological polar surface area (TPSA) is 91.8 Å². The van der Waals surface area contributed by atoms with Crippen molar-refractivity contribution in [2.45, 2.75) is 25.7 Å². The summed E-state index contributed by atoms with van der Waals surface area (Å²) in [6, 6.07) is 3.46. The molecule has 27 heavy (non-hydrogen) atoms. The summed E-state index contributed by atoms with van der Waals surface area (Å²) in [4.78, 5) is 42.5. The molecule has 0 unspecified atom stereocenters. The van der Waals surface area contributed by atoms with E-state index in [4.69, 9.17) is 0 Å². The van der Waals surface area contributed by atoms with Crippen LogP contribution in [0.4, 0.5) is 0 Å². The number of piperidine rings is 1. The molecule has 0 bridgehead atoms. The van der Waals surface area contributed by atoms with Gasteiger partial charge in [0.1, 0.15) is 11.5 Å². The van der Waals surface area contributed by atoms with Crippen LogP contribution < -0.4 is 5.56 Å². The molecule has 0 spiro atoms. The van der Waals surface area contributed by atoms with E-state index in [0.29, 0.717) is 30.3 Å². The molecule has 0 saturated carbocycles. The first-order valence-corrected chi connectivity index (χ1v) is 9.76. The second-order valence-corrected chi connectivity index (χ2v) is 7.44. The van der Waals surface area contributed by atoms with E-state index >= 15 is 0 Å². The minimum atomic E-state index is -0.172. The van der Waals surface area contributed by atoms with E-state index in [0.717, 1.165) is 24.1 Å². The Hall–Kier alpha value is -2.87. The molecule has 3 aromatic rings. The Kier molecular flexibility index (Phi) is 4.81. The van der Waals surface area contributed by atoms with Gasteiger partial charge in [0, 0.05) is 42.2 Å². The normalized spacial score (nSPS) is 17.1. The van der Waals surface area contributed by atoms with Crippen molar-refractivity contribution in [3.8, 4) is 11.3 Å². The van der Waals surface area contributed by atoms with E-state index < -0.39 is 0 Å². The molecule has 7 nitrogen and oxygen atoms in total. The Labute approximate surface area is 160 Å². The van der Waals surface area contributed by atoms with Crippen molar-refractivity contribution in [3.05, 3.63) is 62.9 Å². The van der Waals surface area contributed by atoms with Crippen LogP contribution in [0.3, 0.4) is 0 Å². The van der Waals surface area contributed by atoms with Gasteiger partial charge < -0.3 is 9.88 Å². The van der Waals surface area contributed by atoms with Crippen LogP contribution in [0.2, 0.25) is 0 Å². The molecule has 1 aliphatic rings. The van der Waals surface area contributed by atoms with Gasteiger partial charge in [-0.25, -0.2) is 9.97 Å². The van der Waals surface area contributed by atoms with E-state index in [1.165, 1.54) is 12.3 Å². The maximum atomic E-state index is 12.7. The molecule has 1 saturated heterocycles. The summed E-state index contributed by atoms with van der Waals surface area (Å²) < 4.78 is 0. The van der Waals surface area contributed by atoms with E-state index in [2.05, 4.69) is 19.9 Å². The number of hydrogen-bond acceptors (Lipinski definition) is 6. The number of thiophene rings is 1. The monoisotopic (exact) mass is 381 g/mol. The lowest BCUT2D eigenvalue weighted by atomic mass is 9.96.